The van der Waals surface area contributed by atoms with Crippen LogP contribution in [0.1, 0.15) is 5.56 Å². The van der Waals surface area contributed by atoms with E-state index < -0.39 is 22.0 Å². The van der Waals surface area contributed by atoms with Crippen LogP contribution in [0.3, 0.4) is 0 Å². The molecule has 1 aliphatic rings. The molecule has 2 aromatic rings. The summed E-state index contributed by atoms with van der Waals surface area (Å²) in [6.07, 6.45) is 0.0862. The Morgan fingerprint density at radius 3 is 2.57 bits per heavy atom. The van der Waals surface area contributed by atoms with Crippen LogP contribution in [0.4, 0.5) is 11.4 Å². The molecule has 1 N–H and O–H groups in total. The van der Waals surface area contributed by atoms with Gasteiger partial charge in [0.2, 0.25) is 10.0 Å². The van der Waals surface area contributed by atoms with Gasteiger partial charge in [0.25, 0.3) is 5.91 Å². The maximum Gasteiger partial charge on any atom is 0.267 e. The van der Waals surface area contributed by atoms with Gasteiger partial charge in [-0.25, -0.2) is 8.42 Å². The highest BCUT2D eigenvalue weighted by Gasteiger charge is 2.35. The molecule has 0 spiro atoms. The molecule has 0 unspecified atom stereocenters. The number of carbonyl (C=O) groups is 1. The summed E-state index contributed by atoms with van der Waals surface area (Å²) in [4.78, 5) is 12.8. The molecule has 2 aromatic carbocycles. The predicted octanol–water partition coefficient (Wildman–Crippen LogP) is 2.18. The number of aryl methyl sites for hydroxylation is 1. The van der Waals surface area contributed by atoms with Gasteiger partial charge in [0.15, 0.2) is 6.10 Å². The van der Waals surface area contributed by atoms with Crippen molar-refractivity contribution in [3.05, 3.63) is 42.0 Å². The lowest BCUT2D eigenvalue weighted by Gasteiger charge is -2.34. The van der Waals surface area contributed by atoms with Gasteiger partial charge in [0.05, 0.1) is 38.4 Å². The lowest BCUT2D eigenvalue weighted by Crippen LogP contribution is -2.48. The monoisotopic (exact) mass is 406 g/mol. The van der Waals surface area contributed by atoms with Crippen molar-refractivity contribution in [3.63, 3.8) is 0 Å². The number of carbonyl (C=O) groups excluding carboxylic acids is 1. The third kappa shape index (κ3) is 3.99. The van der Waals surface area contributed by atoms with Crippen molar-refractivity contribution in [2.24, 2.45) is 0 Å². The van der Waals surface area contributed by atoms with Crippen LogP contribution in [0.15, 0.2) is 36.4 Å². The highest BCUT2D eigenvalue weighted by Crippen LogP contribution is 2.36. The second-order valence-corrected chi connectivity index (χ2v) is 8.33. The topological polar surface area (TPSA) is 94.2 Å². The van der Waals surface area contributed by atoms with E-state index in [1.54, 1.807) is 36.4 Å². The molecule has 0 saturated heterocycles. The number of methoxy groups -OCH3 is 2. The number of anilines is 2. The maximum atomic E-state index is 12.8. The second-order valence-electron chi connectivity index (χ2n) is 6.43. The van der Waals surface area contributed by atoms with Crippen LogP contribution < -0.4 is 23.8 Å². The minimum absolute atomic E-state index is 0.125. The number of fused-ring (bicyclic) bond motifs is 1. The van der Waals surface area contributed by atoms with Crippen molar-refractivity contribution < 1.29 is 27.4 Å². The molecule has 0 fully saturated rings. The number of rotatable bonds is 5. The van der Waals surface area contributed by atoms with Crippen LogP contribution in [0.25, 0.3) is 0 Å². The first-order valence-corrected chi connectivity index (χ1v) is 10.4. The van der Waals surface area contributed by atoms with Crippen LogP contribution in [-0.4, -0.2) is 47.4 Å². The van der Waals surface area contributed by atoms with E-state index in [0.29, 0.717) is 28.6 Å². The second kappa shape index (κ2) is 7.59. The van der Waals surface area contributed by atoms with Crippen molar-refractivity contribution in [2.75, 3.05) is 36.6 Å². The molecule has 1 amide bonds. The SMILES string of the molecule is COc1ccc(NC(=O)[C@@H]2CN(S(C)(=O)=O)c3cc(C)ccc3O2)c(OC)c1. The van der Waals surface area contributed by atoms with Crippen LogP contribution in [0.2, 0.25) is 0 Å². The van der Waals surface area contributed by atoms with E-state index in [0.717, 1.165) is 11.8 Å². The zero-order valence-electron chi connectivity index (χ0n) is 16.1. The fourth-order valence-electron chi connectivity index (χ4n) is 2.93. The molecule has 9 heteroatoms. The fraction of sp³-hybridized carbons (Fsp3) is 0.316. The van der Waals surface area contributed by atoms with Crippen molar-refractivity contribution >= 4 is 27.3 Å². The predicted molar refractivity (Wildman–Crippen MR) is 106 cm³/mol. The summed E-state index contributed by atoms with van der Waals surface area (Å²) in [6, 6.07) is 10.1. The molecule has 3 rings (SSSR count). The van der Waals surface area contributed by atoms with E-state index in [-0.39, 0.29) is 6.54 Å². The van der Waals surface area contributed by atoms with E-state index in [9.17, 15) is 13.2 Å². The average Bonchev–Trinajstić information content (AvgIpc) is 2.66. The van der Waals surface area contributed by atoms with Crippen LogP contribution >= 0.6 is 0 Å². The zero-order chi connectivity index (χ0) is 20.5. The highest BCUT2D eigenvalue weighted by atomic mass is 32.2. The molecule has 0 radical (unpaired) electrons. The Morgan fingerprint density at radius 2 is 1.93 bits per heavy atom. The number of nitrogens with zero attached hydrogens (tertiary/aromatic N) is 1. The Morgan fingerprint density at radius 1 is 1.18 bits per heavy atom. The Kier molecular flexibility index (Phi) is 5.37. The van der Waals surface area contributed by atoms with Crippen molar-refractivity contribution in [2.45, 2.75) is 13.0 Å². The van der Waals surface area contributed by atoms with Gasteiger partial charge < -0.3 is 19.5 Å². The van der Waals surface area contributed by atoms with Gasteiger partial charge in [0.1, 0.15) is 17.2 Å². The first-order valence-electron chi connectivity index (χ1n) is 8.51. The Balaban J connectivity index is 1.88. The van der Waals surface area contributed by atoms with Gasteiger partial charge in [-0.2, -0.15) is 0 Å². The lowest BCUT2D eigenvalue weighted by molar-refractivity contribution is -0.122. The average molecular weight is 406 g/mol. The third-order valence-corrected chi connectivity index (χ3v) is 5.49. The largest absolute Gasteiger partial charge is 0.497 e. The number of nitrogens with one attached hydrogen (secondary N) is 1. The number of ether oxygens (including phenoxy) is 3. The lowest BCUT2D eigenvalue weighted by atomic mass is 10.1. The van der Waals surface area contributed by atoms with Gasteiger partial charge >= 0.3 is 0 Å². The summed E-state index contributed by atoms with van der Waals surface area (Å²) in [5, 5.41) is 2.73. The van der Waals surface area contributed by atoms with E-state index in [2.05, 4.69) is 5.32 Å². The smallest absolute Gasteiger partial charge is 0.267 e. The normalized spacial score (nSPS) is 16.0. The minimum Gasteiger partial charge on any atom is -0.497 e. The number of sulfonamides is 1. The Labute approximate surface area is 164 Å². The Bertz CT molecular complexity index is 1010. The first-order chi connectivity index (χ1) is 13.2. The summed E-state index contributed by atoms with van der Waals surface area (Å²) in [6.45, 7) is 1.73. The Hall–Kier alpha value is -2.94. The van der Waals surface area contributed by atoms with Gasteiger partial charge in [-0.1, -0.05) is 6.07 Å². The summed E-state index contributed by atoms with van der Waals surface area (Å²) in [7, 11) is -0.578. The molecular formula is C19H22N2O6S. The van der Waals surface area contributed by atoms with E-state index in [1.165, 1.54) is 18.5 Å². The molecule has 1 atom stereocenters. The molecular weight excluding hydrogens is 384 g/mol. The fourth-order valence-corrected chi connectivity index (χ4v) is 3.83. The molecule has 0 bridgehead atoms. The highest BCUT2D eigenvalue weighted by molar-refractivity contribution is 7.92. The summed E-state index contributed by atoms with van der Waals surface area (Å²) in [5.41, 5.74) is 1.74. The standard InChI is InChI=1S/C19H22N2O6S/c1-12-5-8-16-15(9-12)21(28(4,23)24)11-18(27-16)19(22)20-14-7-6-13(25-2)10-17(14)26-3/h5-10,18H,11H2,1-4H3,(H,20,22)/t18-/m0/s1. The molecule has 8 nitrogen and oxygen atoms in total. The molecule has 28 heavy (non-hydrogen) atoms. The van der Waals surface area contributed by atoms with E-state index >= 15 is 0 Å². The molecule has 0 saturated carbocycles. The van der Waals surface area contributed by atoms with E-state index in [1.807, 2.05) is 6.92 Å². The molecule has 1 heterocycles. The molecule has 1 aliphatic heterocycles. The summed E-state index contributed by atoms with van der Waals surface area (Å²) in [5.74, 6) is 0.850. The molecule has 0 aliphatic carbocycles. The number of hydrogen-bond donors (Lipinski definition) is 1. The maximum absolute atomic E-state index is 12.8. The van der Waals surface area contributed by atoms with Gasteiger partial charge in [-0.3, -0.25) is 9.10 Å². The minimum atomic E-state index is -3.59. The van der Waals surface area contributed by atoms with Gasteiger partial charge in [0, 0.05) is 6.07 Å². The van der Waals surface area contributed by atoms with Crippen LogP contribution in [0, 0.1) is 6.92 Å². The number of hydrogen-bond acceptors (Lipinski definition) is 6. The quantitative estimate of drug-likeness (QED) is 0.818. The van der Waals surface area contributed by atoms with Crippen molar-refractivity contribution in [3.8, 4) is 17.2 Å². The summed E-state index contributed by atoms with van der Waals surface area (Å²) >= 11 is 0. The van der Waals surface area contributed by atoms with E-state index in [4.69, 9.17) is 14.2 Å². The molecule has 0 aromatic heterocycles. The number of amides is 1. The van der Waals surface area contributed by atoms with Crippen LogP contribution in [-0.2, 0) is 14.8 Å². The van der Waals surface area contributed by atoms with Crippen LogP contribution in [0.5, 0.6) is 17.2 Å². The third-order valence-electron chi connectivity index (χ3n) is 4.34. The first kappa shape index (κ1) is 19.8. The van der Waals surface area contributed by atoms with Crippen molar-refractivity contribution in [1.82, 2.24) is 0 Å². The number of benzene rings is 2. The van der Waals surface area contributed by atoms with Gasteiger partial charge in [-0.15, -0.1) is 0 Å². The zero-order valence-corrected chi connectivity index (χ0v) is 16.9. The summed E-state index contributed by atoms with van der Waals surface area (Å²) < 4.78 is 41.9. The van der Waals surface area contributed by atoms with Crippen molar-refractivity contribution in [1.29, 1.82) is 0 Å². The van der Waals surface area contributed by atoms with Gasteiger partial charge in [-0.05, 0) is 36.8 Å². The molecule has 150 valence electrons.